The molecule has 1 aliphatic carbocycles. The van der Waals surface area contributed by atoms with Gasteiger partial charge in [-0.2, -0.15) is 0 Å². The van der Waals surface area contributed by atoms with E-state index in [-0.39, 0.29) is 18.0 Å². The number of carbonyl (C=O) groups excluding carboxylic acids is 1. The molecule has 0 saturated heterocycles. The lowest BCUT2D eigenvalue weighted by Gasteiger charge is -2.23. The molecule has 28 heavy (non-hydrogen) atoms. The minimum absolute atomic E-state index is 0.0483. The third-order valence-electron chi connectivity index (χ3n) is 5.86. The summed E-state index contributed by atoms with van der Waals surface area (Å²) in [4.78, 5) is 12.5. The molecule has 3 aromatic rings. The van der Waals surface area contributed by atoms with E-state index in [1.54, 1.807) is 0 Å². The van der Waals surface area contributed by atoms with E-state index in [2.05, 4.69) is 26.9 Å². The molecule has 0 bridgehead atoms. The van der Waals surface area contributed by atoms with E-state index < -0.39 is 0 Å². The summed E-state index contributed by atoms with van der Waals surface area (Å²) in [7, 11) is 0. The lowest BCUT2D eigenvalue weighted by molar-refractivity contribution is 0.244. The Morgan fingerprint density at radius 1 is 1.21 bits per heavy atom. The third-order valence-corrected chi connectivity index (χ3v) is 5.86. The maximum atomic E-state index is 12.5. The summed E-state index contributed by atoms with van der Waals surface area (Å²) >= 11 is 0. The molecule has 1 aromatic carbocycles. The van der Waals surface area contributed by atoms with Crippen LogP contribution in [0, 0.1) is 0 Å². The molecule has 3 heterocycles. The van der Waals surface area contributed by atoms with Crippen molar-refractivity contribution >= 4 is 17.4 Å². The molecule has 1 saturated carbocycles. The standard InChI is InChI=1S/C21H23N5O2/c1-13(17-12-28-18-8-3-2-7-16(17)18)22-21(27)23-15-9-10-19-24-25-20(26(19)11-15)14-5-4-6-14/h2-3,7-11,13-14,17H,4-6,12H2,1H3,(H2,22,23,27). The third kappa shape index (κ3) is 2.96. The number of pyridine rings is 1. The summed E-state index contributed by atoms with van der Waals surface area (Å²) in [5.41, 5.74) is 2.67. The first-order valence-corrected chi connectivity index (χ1v) is 9.83. The molecule has 5 rings (SSSR count). The molecule has 0 radical (unpaired) electrons. The highest BCUT2D eigenvalue weighted by Gasteiger charge is 2.29. The quantitative estimate of drug-likeness (QED) is 0.727. The number of hydrogen-bond acceptors (Lipinski definition) is 4. The van der Waals surface area contributed by atoms with Crippen LogP contribution in [0.1, 0.15) is 49.4 Å². The van der Waals surface area contributed by atoms with E-state index in [0.29, 0.717) is 12.5 Å². The number of anilines is 1. The molecule has 2 aromatic heterocycles. The number of para-hydroxylation sites is 1. The fraction of sp³-hybridized carbons (Fsp3) is 0.381. The van der Waals surface area contributed by atoms with Crippen molar-refractivity contribution in [3.05, 3.63) is 54.0 Å². The van der Waals surface area contributed by atoms with Crippen molar-refractivity contribution in [2.75, 3.05) is 11.9 Å². The van der Waals surface area contributed by atoms with Crippen LogP contribution in [0.2, 0.25) is 0 Å². The topological polar surface area (TPSA) is 80.5 Å². The molecule has 2 amide bonds. The van der Waals surface area contributed by atoms with Gasteiger partial charge >= 0.3 is 6.03 Å². The Kier molecular flexibility index (Phi) is 4.15. The smallest absolute Gasteiger partial charge is 0.319 e. The Hall–Kier alpha value is -3.09. The maximum Gasteiger partial charge on any atom is 0.319 e. The van der Waals surface area contributed by atoms with Crippen LogP contribution in [0.3, 0.4) is 0 Å². The van der Waals surface area contributed by atoms with Gasteiger partial charge in [0.1, 0.15) is 11.6 Å². The van der Waals surface area contributed by atoms with Crippen LogP contribution < -0.4 is 15.4 Å². The van der Waals surface area contributed by atoms with E-state index >= 15 is 0 Å². The van der Waals surface area contributed by atoms with Gasteiger partial charge in [0.15, 0.2) is 5.65 Å². The molecule has 1 fully saturated rings. The lowest BCUT2D eigenvalue weighted by Crippen LogP contribution is -2.40. The number of fused-ring (bicyclic) bond motifs is 2. The fourth-order valence-corrected chi connectivity index (χ4v) is 4.00. The van der Waals surface area contributed by atoms with E-state index in [1.807, 2.05) is 47.9 Å². The van der Waals surface area contributed by atoms with Gasteiger partial charge in [-0.3, -0.25) is 4.40 Å². The van der Waals surface area contributed by atoms with Gasteiger partial charge in [0.25, 0.3) is 0 Å². The first-order valence-electron chi connectivity index (χ1n) is 9.83. The van der Waals surface area contributed by atoms with E-state index in [4.69, 9.17) is 4.74 Å². The zero-order valence-electron chi connectivity index (χ0n) is 15.8. The average molecular weight is 377 g/mol. The molecule has 2 aliphatic rings. The number of carbonyl (C=O) groups is 1. The first-order chi connectivity index (χ1) is 13.7. The Morgan fingerprint density at radius 2 is 2.07 bits per heavy atom. The molecule has 2 N–H and O–H groups in total. The Bertz CT molecular complexity index is 1030. The minimum Gasteiger partial charge on any atom is -0.493 e. The molecule has 7 nitrogen and oxygen atoms in total. The van der Waals surface area contributed by atoms with Gasteiger partial charge in [-0.05, 0) is 38.0 Å². The van der Waals surface area contributed by atoms with Gasteiger partial charge in [-0.25, -0.2) is 4.79 Å². The molecule has 1 aliphatic heterocycles. The van der Waals surface area contributed by atoms with Crippen LogP contribution in [-0.2, 0) is 0 Å². The molecular weight excluding hydrogens is 354 g/mol. The number of nitrogens with one attached hydrogen (secondary N) is 2. The average Bonchev–Trinajstić information content (AvgIpc) is 3.25. The minimum atomic E-state index is -0.227. The van der Waals surface area contributed by atoms with Crippen LogP contribution in [0.15, 0.2) is 42.6 Å². The number of rotatable bonds is 4. The van der Waals surface area contributed by atoms with Gasteiger partial charge in [-0.1, -0.05) is 24.6 Å². The van der Waals surface area contributed by atoms with Crippen molar-refractivity contribution < 1.29 is 9.53 Å². The highest BCUT2D eigenvalue weighted by Crippen LogP contribution is 2.36. The van der Waals surface area contributed by atoms with Crippen LogP contribution >= 0.6 is 0 Å². The zero-order chi connectivity index (χ0) is 19.1. The number of benzene rings is 1. The number of hydrogen-bond donors (Lipinski definition) is 2. The largest absolute Gasteiger partial charge is 0.493 e. The Balaban J connectivity index is 1.28. The van der Waals surface area contributed by atoms with Crippen LogP contribution in [-0.4, -0.2) is 33.3 Å². The monoisotopic (exact) mass is 377 g/mol. The van der Waals surface area contributed by atoms with E-state index in [9.17, 15) is 4.79 Å². The maximum absolute atomic E-state index is 12.5. The van der Waals surface area contributed by atoms with Gasteiger partial charge in [0.2, 0.25) is 0 Å². The van der Waals surface area contributed by atoms with Crippen molar-refractivity contribution in [3.8, 4) is 5.75 Å². The lowest BCUT2D eigenvalue weighted by atomic mass is 9.85. The predicted octanol–water partition coefficient (Wildman–Crippen LogP) is 3.68. The number of ether oxygens (including phenoxy) is 1. The summed E-state index contributed by atoms with van der Waals surface area (Å²) in [6.45, 7) is 2.59. The fourth-order valence-electron chi connectivity index (χ4n) is 4.00. The van der Waals surface area contributed by atoms with E-state index in [1.165, 1.54) is 6.42 Å². The van der Waals surface area contributed by atoms with Crippen molar-refractivity contribution in [2.24, 2.45) is 0 Å². The molecular formula is C21H23N5O2. The predicted molar refractivity (Wildman–Crippen MR) is 106 cm³/mol. The van der Waals surface area contributed by atoms with E-state index in [0.717, 1.165) is 41.3 Å². The summed E-state index contributed by atoms with van der Waals surface area (Å²) < 4.78 is 7.72. The molecule has 2 atom stereocenters. The first kappa shape index (κ1) is 17.0. The van der Waals surface area contributed by atoms with Gasteiger partial charge in [-0.15, -0.1) is 10.2 Å². The van der Waals surface area contributed by atoms with Crippen molar-refractivity contribution in [3.63, 3.8) is 0 Å². The molecule has 0 spiro atoms. The number of urea groups is 1. The summed E-state index contributed by atoms with van der Waals surface area (Å²) in [5, 5.41) is 14.5. The van der Waals surface area contributed by atoms with Gasteiger partial charge < -0.3 is 15.4 Å². The zero-order valence-corrected chi connectivity index (χ0v) is 15.8. The van der Waals surface area contributed by atoms with Gasteiger partial charge in [0, 0.05) is 29.6 Å². The van der Waals surface area contributed by atoms with Crippen LogP contribution in [0.5, 0.6) is 5.75 Å². The molecule has 144 valence electrons. The van der Waals surface area contributed by atoms with Gasteiger partial charge in [0.05, 0.1) is 12.3 Å². The normalized spacial score (nSPS) is 19.5. The second-order valence-corrected chi connectivity index (χ2v) is 7.67. The SMILES string of the molecule is CC(NC(=O)Nc1ccc2nnc(C3CCC3)n2c1)C1COc2ccccc21. The number of aromatic nitrogens is 3. The summed E-state index contributed by atoms with van der Waals surface area (Å²) in [6, 6.07) is 11.5. The molecule has 2 unspecified atom stereocenters. The Labute approximate surface area is 163 Å². The summed E-state index contributed by atoms with van der Waals surface area (Å²) in [5.74, 6) is 2.51. The number of nitrogens with zero attached hydrogens (tertiary/aromatic N) is 3. The summed E-state index contributed by atoms with van der Waals surface area (Å²) in [6.07, 6.45) is 5.45. The molecule has 7 heteroatoms. The Morgan fingerprint density at radius 3 is 2.89 bits per heavy atom. The highest BCUT2D eigenvalue weighted by atomic mass is 16.5. The second kappa shape index (κ2) is 6.82. The van der Waals surface area contributed by atoms with Crippen LogP contribution in [0.25, 0.3) is 5.65 Å². The number of amides is 2. The highest BCUT2D eigenvalue weighted by molar-refractivity contribution is 5.89. The second-order valence-electron chi connectivity index (χ2n) is 7.67. The van der Waals surface area contributed by atoms with Crippen molar-refractivity contribution in [1.82, 2.24) is 19.9 Å². The van der Waals surface area contributed by atoms with Crippen molar-refractivity contribution in [2.45, 2.75) is 44.1 Å². The van der Waals surface area contributed by atoms with Crippen molar-refractivity contribution in [1.29, 1.82) is 0 Å². The van der Waals surface area contributed by atoms with Crippen LogP contribution in [0.4, 0.5) is 10.5 Å².